The SMILES string of the molecule is Cc1ccc(-c2cc(-c3nc(-c4ccccc4)cc(-c4ccccc4)n3)cc(-c3ccc(C(F)(F)F)cc3)c2-n2c3ccccc3c3c4sc5ccccc5c4ccc32)cc1. The zero-order valence-electron chi connectivity index (χ0n) is 32.8. The molecule has 3 aromatic heterocycles. The Hall–Kier alpha value is -7.35. The van der Waals surface area contributed by atoms with Gasteiger partial charge in [-0.25, -0.2) is 9.97 Å². The topological polar surface area (TPSA) is 30.7 Å². The molecule has 0 amide bonds. The van der Waals surface area contributed by atoms with Gasteiger partial charge >= 0.3 is 6.18 Å². The van der Waals surface area contributed by atoms with Crippen molar-refractivity contribution in [3.05, 3.63) is 199 Å². The maximum Gasteiger partial charge on any atom is 0.416 e. The number of fused-ring (bicyclic) bond motifs is 7. The molecule has 0 atom stereocenters. The van der Waals surface area contributed by atoms with E-state index in [1.807, 2.05) is 78.9 Å². The van der Waals surface area contributed by atoms with Crippen molar-refractivity contribution in [1.29, 1.82) is 0 Å². The van der Waals surface area contributed by atoms with Crippen molar-refractivity contribution in [3.63, 3.8) is 0 Å². The van der Waals surface area contributed by atoms with Crippen LogP contribution in [0.15, 0.2) is 188 Å². The summed E-state index contributed by atoms with van der Waals surface area (Å²) < 4.78 is 47.1. The fraction of sp³-hybridized carbons (Fsp3) is 0.0370. The van der Waals surface area contributed by atoms with Crippen LogP contribution in [0.3, 0.4) is 0 Å². The van der Waals surface area contributed by atoms with Gasteiger partial charge in [0.25, 0.3) is 0 Å². The zero-order valence-corrected chi connectivity index (χ0v) is 33.6. The molecule has 61 heavy (non-hydrogen) atoms. The minimum Gasteiger partial charge on any atom is -0.308 e. The number of nitrogens with zero attached hydrogens (tertiary/aromatic N) is 3. The van der Waals surface area contributed by atoms with E-state index in [9.17, 15) is 13.2 Å². The summed E-state index contributed by atoms with van der Waals surface area (Å²) in [7, 11) is 0. The molecule has 11 rings (SSSR count). The summed E-state index contributed by atoms with van der Waals surface area (Å²) >= 11 is 1.78. The number of alkyl halides is 3. The van der Waals surface area contributed by atoms with E-state index < -0.39 is 11.7 Å². The van der Waals surface area contributed by atoms with Crippen LogP contribution in [0.4, 0.5) is 13.2 Å². The molecule has 0 N–H and O–H groups in total. The molecule has 0 saturated carbocycles. The number of rotatable bonds is 6. The summed E-state index contributed by atoms with van der Waals surface area (Å²) in [4.78, 5) is 10.4. The van der Waals surface area contributed by atoms with Gasteiger partial charge in [-0.1, -0.05) is 145 Å². The smallest absolute Gasteiger partial charge is 0.308 e. The Morgan fingerprint density at radius 1 is 0.475 bits per heavy atom. The van der Waals surface area contributed by atoms with Gasteiger partial charge < -0.3 is 4.57 Å². The largest absolute Gasteiger partial charge is 0.416 e. The first-order valence-corrected chi connectivity index (χ1v) is 20.9. The monoisotopic (exact) mass is 813 g/mol. The molecule has 8 aromatic carbocycles. The lowest BCUT2D eigenvalue weighted by atomic mass is 9.91. The maximum absolute atomic E-state index is 14.1. The summed E-state index contributed by atoms with van der Waals surface area (Å²) in [6.45, 7) is 2.06. The Kier molecular flexibility index (Phi) is 8.69. The molecule has 292 valence electrons. The van der Waals surface area contributed by atoms with Crippen LogP contribution in [0.1, 0.15) is 11.1 Å². The second-order valence-corrected chi connectivity index (χ2v) is 16.4. The van der Waals surface area contributed by atoms with Crippen LogP contribution >= 0.6 is 11.3 Å². The highest BCUT2D eigenvalue weighted by molar-refractivity contribution is 7.26. The number of hydrogen-bond acceptors (Lipinski definition) is 3. The highest BCUT2D eigenvalue weighted by Crippen LogP contribution is 2.47. The van der Waals surface area contributed by atoms with Gasteiger partial charge in [-0.15, -0.1) is 11.3 Å². The highest BCUT2D eigenvalue weighted by atomic mass is 32.1. The van der Waals surface area contributed by atoms with Gasteiger partial charge in [0, 0.05) is 58.8 Å². The van der Waals surface area contributed by atoms with Crippen LogP contribution in [0.25, 0.3) is 104 Å². The number of halogens is 3. The normalized spacial score (nSPS) is 11.9. The number of aryl methyl sites for hydroxylation is 1. The Morgan fingerprint density at radius 3 is 1.66 bits per heavy atom. The molecule has 3 heterocycles. The van der Waals surface area contributed by atoms with Gasteiger partial charge in [-0.2, -0.15) is 13.2 Å². The predicted octanol–water partition coefficient (Wildman–Crippen LogP) is 15.6. The first-order chi connectivity index (χ1) is 29.8. The fourth-order valence-corrected chi connectivity index (χ4v) is 9.84. The average Bonchev–Trinajstić information content (AvgIpc) is 3.85. The number of para-hydroxylation sites is 1. The van der Waals surface area contributed by atoms with Crippen LogP contribution in [0.5, 0.6) is 0 Å². The molecule has 0 spiro atoms. The van der Waals surface area contributed by atoms with E-state index in [0.717, 1.165) is 77.8 Å². The lowest BCUT2D eigenvalue weighted by molar-refractivity contribution is -0.137. The van der Waals surface area contributed by atoms with Crippen LogP contribution in [0, 0.1) is 6.92 Å². The first-order valence-electron chi connectivity index (χ1n) is 20.1. The molecular weight excluding hydrogens is 780 g/mol. The van der Waals surface area contributed by atoms with Crippen LogP contribution < -0.4 is 0 Å². The number of thiophene rings is 1. The Morgan fingerprint density at radius 2 is 1.03 bits per heavy atom. The highest BCUT2D eigenvalue weighted by Gasteiger charge is 2.31. The third-order valence-electron chi connectivity index (χ3n) is 11.5. The Bertz CT molecular complexity index is 3380. The van der Waals surface area contributed by atoms with Crippen molar-refractivity contribution >= 4 is 53.3 Å². The zero-order chi connectivity index (χ0) is 41.2. The maximum atomic E-state index is 14.1. The van der Waals surface area contributed by atoms with Crippen LogP contribution in [0.2, 0.25) is 0 Å². The third kappa shape index (κ3) is 6.37. The summed E-state index contributed by atoms with van der Waals surface area (Å²) in [6, 6.07) is 61.5. The second kappa shape index (κ2) is 14.4. The molecule has 0 unspecified atom stereocenters. The summed E-state index contributed by atoms with van der Waals surface area (Å²) in [5.41, 5.74) is 10.6. The number of aromatic nitrogens is 3. The molecular formula is C54H34F3N3S. The molecule has 7 heteroatoms. The van der Waals surface area contributed by atoms with Crippen molar-refractivity contribution in [3.8, 4) is 61.8 Å². The fourth-order valence-electron chi connectivity index (χ4n) is 8.58. The van der Waals surface area contributed by atoms with Gasteiger partial charge in [0.15, 0.2) is 5.82 Å². The second-order valence-electron chi connectivity index (χ2n) is 15.3. The first kappa shape index (κ1) is 36.7. The van der Waals surface area contributed by atoms with E-state index in [2.05, 4.69) is 96.4 Å². The lowest BCUT2D eigenvalue weighted by Crippen LogP contribution is -2.05. The summed E-state index contributed by atoms with van der Waals surface area (Å²) in [6.07, 6.45) is -4.49. The van der Waals surface area contributed by atoms with Gasteiger partial charge in [0.05, 0.1) is 33.7 Å². The Labute approximate surface area is 353 Å². The Balaban J connectivity index is 1.27. The minimum atomic E-state index is -4.49. The van der Waals surface area contributed by atoms with Crippen molar-refractivity contribution < 1.29 is 13.2 Å². The van der Waals surface area contributed by atoms with Crippen LogP contribution in [-0.4, -0.2) is 14.5 Å². The third-order valence-corrected chi connectivity index (χ3v) is 12.7. The van der Waals surface area contributed by atoms with E-state index >= 15 is 0 Å². The standard InChI is InChI=1S/C54H34F3N3S/c1-33-20-22-34(23-21-33)43-30-38(53-58-45(36-12-4-2-5-13-36)32-46(59-53)37-14-6-3-7-15-37)31-44(35-24-26-39(27-25-35)54(55,56)57)51(43)60-47-18-10-8-17-42(47)50-48(60)29-28-41-40-16-9-11-19-49(40)61-52(41)50/h2-32H,1H3. The van der Waals surface area contributed by atoms with E-state index in [-0.39, 0.29) is 0 Å². The van der Waals surface area contributed by atoms with Gasteiger partial charge in [-0.3, -0.25) is 0 Å². The van der Waals surface area contributed by atoms with E-state index in [1.165, 1.54) is 32.3 Å². The van der Waals surface area contributed by atoms with E-state index in [4.69, 9.17) is 9.97 Å². The molecule has 0 radical (unpaired) electrons. The van der Waals surface area contributed by atoms with Gasteiger partial charge in [-0.05, 0) is 66.6 Å². The molecule has 0 saturated heterocycles. The van der Waals surface area contributed by atoms with Crippen molar-refractivity contribution in [2.24, 2.45) is 0 Å². The van der Waals surface area contributed by atoms with Gasteiger partial charge in [0.2, 0.25) is 0 Å². The van der Waals surface area contributed by atoms with Crippen LogP contribution in [-0.2, 0) is 6.18 Å². The summed E-state index contributed by atoms with van der Waals surface area (Å²) in [5.74, 6) is 0.502. The molecule has 0 aliphatic carbocycles. The molecule has 0 bridgehead atoms. The van der Waals surface area contributed by atoms with Gasteiger partial charge in [0.1, 0.15) is 0 Å². The van der Waals surface area contributed by atoms with Crippen molar-refractivity contribution in [2.75, 3.05) is 0 Å². The quantitative estimate of drug-likeness (QED) is 0.167. The molecule has 11 aromatic rings. The van der Waals surface area contributed by atoms with Crippen molar-refractivity contribution in [1.82, 2.24) is 14.5 Å². The average molecular weight is 814 g/mol. The molecule has 3 nitrogen and oxygen atoms in total. The molecule has 0 fully saturated rings. The summed E-state index contributed by atoms with van der Waals surface area (Å²) in [5, 5.41) is 4.64. The van der Waals surface area contributed by atoms with E-state index in [1.54, 1.807) is 23.5 Å². The number of hydrogen-bond donors (Lipinski definition) is 0. The minimum absolute atomic E-state index is 0.502. The molecule has 0 aliphatic rings. The van der Waals surface area contributed by atoms with E-state index in [0.29, 0.717) is 11.4 Å². The predicted molar refractivity (Wildman–Crippen MR) is 246 cm³/mol. The lowest BCUT2D eigenvalue weighted by Gasteiger charge is -2.21. The van der Waals surface area contributed by atoms with Crippen molar-refractivity contribution in [2.45, 2.75) is 13.1 Å². The number of benzene rings is 8. The molecule has 0 aliphatic heterocycles.